The first kappa shape index (κ1) is 14.9. The maximum absolute atomic E-state index is 9.35. The fraction of sp³-hybridized carbons (Fsp3) is 0.444. The molecule has 0 spiro atoms. The molecule has 122 valence electrons. The molecule has 3 aromatic rings. The van der Waals surface area contributed by atoms with Crippen molar-refractivity contribution in [3.63, 3.8) is 0 Å². The predicted octanol–water partition coefficient (Wildman–Crippen LogP) is 3.64. The highest BCUT2D eigenvalue weighted by molar-refractivity contribution is 5.89. The summed E-state index contributed by atoms with van der Waals surface area (Å²) < 4.78 is 1.99. The molecule has 3 aromatic heterocycles. The smallest absolute Gasteiger partial charge is 0.141 e. The van der Waals surface area contributed by atoms with Gasteiger partial charge in [0.25, 0.3) is 0 Å². The van der Waals surface area contributed by atoms with E-state index < -0.39 is 0 Å². The molecule has 1 fully saturated rings. The van der Waals surface area contributed by atoms with Gasteiger partial charge in [-0.3, -0.25) is 4.68 Å². The zero-order chi connectivity index (χ0) is 16.6. The Kier molecular flexibility index (Phi) is 3.57. The summed E-state index contributed by atoms with van der Waals surface area (Å²) >= 11 is 0. The molecule has 1 unspecified atom stereocenters. The molecule has 0 aliphatic heterocycles. The van der Waals surface area contributed by atoms with Crippen molar-refractivity contribution >= 4 is 11.0 Å². The van der Waals surface area contributed by atoms with Gasteiger partial charge in [0.1, 0.15) is 12.0 Å². The third-order valence-corrected chi connectivity index (χ3v) is 5.40. The van der Waals surface area contributed by atoms with Crippen LogP contribution in [-0.4, -0.2) is 24.7 Å². The SMILES string of the molecule is CC(CC#N)(C1CCCC1)n1cc(-c2ncnc3[nH]ccc23)cn1. The first-order valence-corrected chi connectivity index (χ1v) is 8.43. The van der Waals surface area contributed by atoms with Crippen molar-refractivity contribution in [2.45, 2.75) is 44.6 Å². The van der Waals surface area contributed by atoms with E-state index in [1.54, 1.807) is 6.33 Å². The molecule has 1 aliphatic rings. The highest BCUT2D eigenvalue weighted by atomic mass is 15.3. The van der Waals surface area contributed by atoms with Crippen LogP contribution in [0.3, 0.4) is 0 Å². The van der Waals surface area contributed by atoms with E-state index in [9.17, 15) is 5.26 Å². The molecule has 0 amide bonds. The number of aromatic nitrogens is 5. The number of H-pyrrole nitrogens is 1. The summed E-state index contributed by atoms with van der Waals surface area (Å²) in [5.41, 5.74) is 2.40. The van der Waals surface area contributed by atoms with Crippen molar-refractivity contribution in [3.05, 3.63) is 31.0 Å². The lowest BCUT2D eigenvalue weighted by molar-refractivity contribution is 0.178. The third-order valence-electron chi connectivity index (χ3n) is 5.40. The fourth-order valence-corrected chi connectivity index (χ4v) is 3.95. The van der Waals surface area contributed by atoms with Crippen LogP contribution in [-0.2, 0) is 5.54 Å². The predicted molar refractivity (Wildman–Crippen MR) is 90.9 cm³/mol. The Hall–Kier alpha value is -2.68. The normalized spacial score (nSPS) is 17.8. The van der Waals surface area contributed by atoms with Crippen LogP contribution in [0.4, 0.5) is 0 Å². The lowest BCUT2D eigenvalue weighted by Crippen LogP contribution is -2.37. The van der Waals surface area contributed by atoms with Gasteiger partial charge in [0.2, 0.25) is 0 Å². The van der Waals surface area contributed by atoms with Gasteiger partial charge in [-0.15, -0.1) is 0 Å². The highest BCUT2D eigenvalue weighted by Gasteiger charge is 2.38. The summed E-state index contributed by atoms with van der Waals surface area (Å²) in [7, 11) is 0. The van der Waals surface area contributed by atoms with E-state index >= 15 is 0 Å². The molecule has 0 bridgehead atoms. The summed E-state index contributed by atoms with van der Waals surface area (Å²) in [5.74, 6) is 0.502. The number of hydrogen-bond acceptors (Lipinski definition) is 4. The number of nitrogens with one attached hydrogen (secondary N) is 1. The first-order valence-electron chi connectivity index (χ1n) is 8.43. The lowest BCUT2D eigenvalue weighted by atomic mass is 9.82. The standard InChI is InChI=1S/C18H20N6/c1-18(7-8-19,14-4-2-3-5-14)24-11-13(10-23-24)16-15-6-9-20-17(15)22-12-21-16/h6,9-12,14H,2-5,7H2,1H3,(H,20,21,22). The van der Waals surface area contributed by atoms with Gasteiger partial charge in [0.05, 0.1) is 29.9 Å². The quantitative estimate of drug-likeness (QED) is 0.795. The summed E-state index contributed by atoms with van der Waals surface area (Å²) in [6, 6.07) is 4.35. The van der Waals surface area contributed by atoms with Gasteiger partial charge in [-0.1, -0.05) is 12.8 Å². The van der Waals surface area contributed by atoms with Crippen LogP contribution in [0.2, 0.25) is 0 Å². The Morgan fingerprint density at radius 3 is 3.00 bits per heavy atom. The monoisotopic (exact) mass is 320 g/mol. The van der Waals surface area contributed by atoms with Crippen LogP contribution in [0.5, 0.6) is 0 Å². The van der Waals surface area contributed by atoms with Gasteiger partial charge in [-0.05, 0) is 31.7 Å². The van der Waals surface area contributed by atoms with Gasteiger partial charge in [-0.25, -0.2) is 9.97 Å². The van der Waals surface area contributed by atoms with Gasteiger partial charge >= 0.3 is 0 Å². The highest BCUT2D eigenvalue weighted by Crippen LogP contribution is 2.41. The third kappa shape index (κ3) is 2.28. The number of aromatic amines is 1. The van der Waals surface area contributed by atoms with Crippen molar-refractivity contribution < 1.29 is 0 Å². The molecule has 3 heterocycles. The molecule has 6 nitrogen and oxygen atoms in total. The zero-order valence-corrected chi connectivity index (χ0v) is 13.7. The van der Waals surface area contributed by atoms with E-state index in [0.717, 1.165) is 22.3 Å². The molecule has 4 rings (SSSR count). The summed E-state index contributed by atoms with van der Waals surface area (Å²) in [6.07, 6.45) is 12.6. The van der Waals surface area contributed by atoms with Crippen LogP contribution >= 0.6 is 0 Å². The number of hydrogen-bond donors (Lipinski definition) is 1. The molecular weight excluding hydrogens is 300 g/mol. The van der Waals surface area contributed by atoms with Gasteiger partial charge in [-0.2, -0.15) is 10.4 Å². The number of fused-ring (bicyclic) bond motifs is 1. The Labute approximate surface area is 140 Å². The Bertz CT molecular complexity index is 896. The van der Waals surface area contributed by atoms with E-state index in [1.807, 2.05) is 29.3 Å². The number of rotatable bonds is 4. The van der Waals surface area contributed by atoms with Crippen LogP contribution in [0.15, 0.2) is 31.0 Å². The largest absolute Gasteiger partial charge is 0.346 e. The average molecular weight is 320 g/mol. The van der Waals surface area contributed by atoms with Crippen molar-refractivity contribution in [1.29, 1.82) is 5.26 Å². The Balaban J connectivity index is 1.76. The summed E-state index contributed by atoms with van der Waals surface area (Å²) in [4.78, 5) is 11.8. The van der Waals surface area contributed by atoms with Crippen LogP contribution in [0.1, 0.15) is 39.0 Å². The molecule has 1 N–H and O–H groups in total. The van der Waals surface area contributed by atoms with E-state index in [2.05, 4.69) is 33.0 Å². The van der Waals surface area contributed by atoms with E-state index in [1.165, 1.54) is 25.7 Å². The molecule has 1 atom stereocenters. The average Bonchev–Trinajstić information content (AvgIpc) is 3.34. The maximum atomic E-state index is 9.35. The Morgan fingerprint density at radius 1 is 1.38 bits per heavy atom. The first-order chi connectivity index (χ1) is 11.7. The maximum Gasteiger partial charge on any atom is 0.141 e. The van der Waals surface area contributed by atoms with Crippen LogP contribution in [0.25, 0.3) is 22.3 Å². The van der Waals surface area contributed by atoms with Crippen molar-refractivity contribution in [3.8, 4) is 17.3 Å². The lowest BCUT2D eigenvalue weighted by Gasteiger charge is -2.34. The summed E-state index contributed by atoms with van der Waals surface area (Å²) in [6.45, 7) is 2.16. The van der Waals surface area contributed by atoms with Crippen LogP contribution < -0.4 is 0 Å². The van der Waals surface area contributed by atoms with E-state index in [0.29, 0.717) is 12.3 Å². The minimum absolute atomic E-state index is 0.256. The second-order valence-electron chi connectivity index (χ2n) is 6.81. The van der Waals surface area contributed by atoms with E-state index in [-0.39, 0.29) is 5.54 Å². The molecule has 6 heteroatoms. The minimum Gasteiger partial charge on any atom is -0.346 e. The number of nitriles is 1. The van der Waals surface area contributed by atoms with Gasteiger partial charge in [0.15, 0.2) is 0 Å². The van der Waals surface area contributed by atoms with Crippen LogP contribution in [0, 0.1) is 17.2 Å². The van der Waals surface area contributed by atoms with E-state index in [4.69, 9.17) is 0 Å². The molecule has 0 saturated heterocycles. The molecular formula is C18H20N6. The molecule has 1 saturated carbocycles. The molecule has 0 radical (unpaired) electrons. The summed E-state index contributed by atoms with van der Waals surface area (Å²) in [5, 5.41) is 14.9. The zero-order valence-electron chi connectivity index (χ0n) is 13.7. The van der Waals surface area contributed by atoms with Gasteiger partial charge in [0, 0.05) is 23.3 Å². The molecule has 0 aromatic carbocycles. The topological polar surface area (TPSA) is 83.2 Å². The molecule has 1 aliphatic carbocycles. The van der Waals surface area contributed by atoms with Crippen molar-refractivity contribution in [1.82, 2.24) is 24.7 Å². The number of nitrogens with zero attached hydrogens (tertiary/aromatic N) is 5. The van der Waals surface area contributed by atoms with Crippen molar-refractivity contribution in [2.24, 2.45) is 5.92 Å². The second kappa shape index (κ2) is 5.75. The Morgan fingerprint density at radius 2 is 2.21 bits per heavy atom. The van der Waals surface area contributed by atoms with Crippen molar-refractivity contribution in [2.75, 3.05) is 0 Å². The molecule has 24 heavy (non-hydrogen) atoms. The van der Waals surface area contributed by atoms with Gasteiger partial charge < -0.3 is 4.98 Å². The fourth-order valence-electron chi connectivity index (χ4n) is 3.95. The minimum atomic E-state index is -0.256. The second-order valence-corrected chi connectivity index (χ2v) is 6.81.